The van der Waals surface area contributed by atoms with Crippen molar-refractivity contribution in [2.45, 2.75) is 38.0 Å². The lowest BCUT2D eigenvalue weighted by molar-refractivity contribution is -0.233. The van der Waals surface area contributed by atoms with Gasteiger partial charge in [-0.2, -0.15) is 13.2 Å². The summed E-state index contributed by atoms with van der Waals surface area (Å²) >= 11 is 0. The number of carbonyl (C=O) groups is 1. The lowest BCUT2D eigenvalue weighted by Crippen LogP contribution is -2.51. The Bertz CT molecular complexity index is 587. The molecule has 1 aromatic rings. The number of ether oxygens (including phenoxy) is 1. The van der Waals surface area contributed by atoms with E-state index in [9.17, 15) is 18.0 Å². The van der Waals surface area contributed by atoms with E-state index in [1.807, 2.05) is 0 Å². The summed E-state index contributed by atoms with van der Waals surface area (Å²) in [6, 6.07) is 0. The predicted molar refractivity (Wildman–Crippen MR) is 70.4 cm³/mol. The van der Waals surface area contributed by atoms with Crippen LogP contribution in [-0.4, -0.2) is 52.8 Å². The van der Waals surface area contributed by atoms with Gasteiger partial charge in [-0.3, -0.25) is 4.79 Å². The third kappa shape index (κ3) is 3.06. The van der Waals surface area contributed by atoms with Gasteiger partial charge >= 0.3 is 6.18 Å². The molecular formula is C14H16F3N3O2. The number of rotatable bonds is 2. The first kappa shape index (κ1) is 15.2. The van der Waals surface area contributed by atoms with Crippen LogP contribution in [-0.2, 0) is 4.74 Å². The predicted octanol–water partition coefficient (Wildman–Crippen LogP) is 2.07. The number of alkyl halides is 3. The Hall–Kier alpha value is -1.70. The van der Waals surface area contributed by atoms with Crippen LogP contribution in [0.5, 0.6) is 0 Å². The van der Waals surface area contributed by atoms with Crippen molar-refractivity contribution < 1.29 is 22.7 Å². The Morgan fingerprint density at radius 2 is 2.14 bits per heavy atom. The number of nitrogens with zero attached hydrogens (tertiary/aromatic N) is 3. The molecule has 5 nitrogen and oxygen atoms in total. The van der Waals surface area contributed by atoms with Gasteiger partial charge in [0.15, 0.2) is 6.10 Å². The zero-order valence-corrected chi connectivity index (χ0v) is 12.1. The molecule has 120 valence electrons. The number of hydrogen-bond donors (Lipinski definition) is 0. The van der Waals surface area contributed by atoms with Gasteiger partial charge in [-0.05, 0) is 19.8 Å². The molecule has 8 heteroatoms. The van der Waals surface area contributed by atoms with Crippen LogP contribution in [0.4, 0.5) is 13.2 Å². The van der Waals surface area contributed by atoms with Gasteiger partial charge in [-0.1, -0.05) is 0 Å². The number of morpholine rings is 1. The smallest absolute Gasteiger partial charge is 0.365 e. The topological polar surface area (TPSA) is 55.3 Å². The van der Waals surface area contributed by atoms with Crippen LogP contribution < -0.4 is 0 Å². The van der Waals surface area contributed by atoms with Gasteiger partial charge in [0.1, 0.15) is 5.82 Å². The summed E-state index contributed by atoms with van der Waals surface area (Å²) in [6.07, 6.45) is -2.89. The highest BCUT2D eigenvalue weighted by molar-refractivity contribution is 5.95. The molecule has 22 heavy (non-hydrogen) atoms. The molecular weight excluding hydrogens is 299 g/mol. The van der Waals surface area contributed by atoms with E-state index in [0.29, 0.717) is 17.4 Å². The summed E-state index contributed by atoms with van der Waals surface area (Å²) in [5.41, 5.74) is 0.768. The number of aromatic nitrogens is 2. The second kappa shape index (κ2) is 5.49. The highest BCUT2D eigenvalue weighted by Crippen LogP contribution is 2.38. The standard InChI is InChI=1S/C14H16F3N3O2/c1-8-10(6-18-12(19-8)9-2-3-9)13(21)20-4-5-22-11(7-20)14(15,16)17/h6,9,11H,2-5,7H2,1H3/t11-/m0/s1. The van der Waals surface area contributed by atoms with Crippen molar-refractivity contribution in [3.05, 3.63) is 23.3 Å². The van der Waals surface area contributed by atoms with Gasteiger partial charge in [-0.25, -0.2) is 9.97 Å². The SMILES string of the molecule is Cc1nc(C2CC2)ncc1C(=O)N1CCO[C@H](C(F)(F)F)C1. The first-order chi connectivity index (χ1) is 10.4. The van der Waals surface area contributed by atoms with Crippen molar-refractivity contribution in [1.82, 2.24) is 14.9 Å². The zero-order valence-electron chi connectivity index (χ0n) is 12.1. The van der Waals surface area contributed by atoms with Gasteiger partial charge in [0, 0.05) is 18.7 Å². The normalized spacial score (nSPS) is 22.7. The third-order valence-electron chi connectivity index (χ3n) is 3.89. The van der Waals surface area contributed by atoms with Crippen molar-refractivity contribution in [1.29, 1.82) is 0 Å². The molecule has 2 heterocycles. The molecule has 1 atom stereocenters. The molecule has 3 rings (SSSR count). The molecule has 2 fully saturated rings. The summed E-state index contributed by atoms with van der Waals surface area (Å²) in [6.45, 7) is 1.19. The molecule has 2 aliphatic rings. The molecule has 1 saturated carbocycles. The molecule has 1 amide bonds. The Morgan fingerprint density at radius 3 is 2.73 bits per heavy atom. The molecule has 1 aromatic heterocycles. The molecule has 1 saturated heterocycles. The minimum atomic E-state index is -4.47. The Kier molecular flexibility index (Phi) is 3.80. The summed E-state index contributed by atoms with van der Waals surface area (Å²) in [5, 5.41) is 0. The first-order valence-electron chi connectivity index (χ1n) is 7.17. The summed E-state index contributed by atoms with van der Waals surface area (Å²) in [4.78, 5) is 22.0. The van der Waals surface area contributed by atoms with Crippen molar-refractivity contribution in [2.75, 3.05) is 19.7 Å². The first-order valence-corrected chi connectivity index (χ1v) is 7.17. The maximum atomic E-state index is 12.7. The molecule has 1 aliphatic heterocycles. The number of carbonyl (C=O) groups excluding carboxylic acids is 1. The minimum Gasteiger partial charge on any atom is -0.365 e. The minimum absolute atomic E-state index is 0.129. The van der Waals surface area contributed by atoms with Crippen LogP contribution in [0.15, 0.2) is 6.20 Å². The van der Waals surface area contributed by atoms with Gasteiger partial charge < -0.3 is 9.64 Å². The van der Waals surface area contributed by atoms with Crippen LogP contribution >= 0.6 is 0 Å². The third-order valence-corrected chi connectivity index (χ3v) is 3.89. The number of amides is 1. The Balaban J connectivity index is 1.75. The molecule has 0 bridgehead atoms. The van der Waals surface area contributed by atoms with E-state index in [2.05, 4.69) is 9.97 Å². The Labute approximate surface area is 125 Å². The fraction of sp³-hybridized carbons (Fsp3) is 0.643. The maximum Gasteiger partial charge on any atom is 0.416 e. The lowest BCUT2D eigenvalue weighted by atomic mass is 10.1. The van der Waals surface area contributed by atoms with Crippen molar-refractivity contribution in [3.8, 4) is 0 Å². The molecule has 0 aromatic carbocycles. The lowest BCUT2D eigenvalue weighted by Gasteiger charge is -2.33. The molecule has 0 unspecified atom stereocenters. The van der Waals surface area contributed by atoms with E-state index < -0.39 is 24.7 Å². The van der Waals surface area contributed by atoms with E-state index in [4.69, 9.17) is 4.74 Å². The fourth-order valence-corrected chi connectivity index (χ4v) is 2.44. The molecule has 0 N–H and O–H groups in total. The van der Waals surface area contributed by atoms with Crippen LogP contribution in [0.25, 0.3) is 0 Å². The van der Waals surface area contributed by atoms with E-state index in [1.54, 1.807) is 6.92 Å². The maximum absolute atomic E-state index is 12.7. The number of aryl methyl sites for hydroxylation is 1. The summed E-state index contributed by atoms with van der Waals surface area (Å²) in [7, 11) is 0. The number of halogens is 3. The highest BCUT2D eigenvalue weighted by atomic mass is 19.4. The molecule has 0 radical (unpaired) electrons. The fourth-order valence-electron chi connectivity index (χ4n) is 2.44. The van der Waals surface area contributed by atoms with Gasteiger partial charge in [-0.15, -0.1) is 0 Å². The second-order valence-electron chi connectivity index (χ2n) is 5.65. The average molecular weight is 315 g/mol. The van der Waals surface area contributed by atoms with Crippen molar-refractivity contribution in [2.24, 2.45) is 0 Å². The monoisotopic (exact) mass is 315 g/mol. The van der Waals surface area contributed by atoms with Gasteiger partial charge in [0.25, 0.3) is 5.91 Å². The van der Waals surface area contributed by atoms with Crippen LogP contribution in [0.2, 0.25) is 0 Å². The highest BCUT2D eigenvalue weighted by Gasteiger charge is 2.44. The van der Waals surface area contributed by atoms with Crippen molar-refractivity contribution in [3.63, 3.8) is 0 Å². The zero-order chi connectivity index (χ0) is 15.9. The van der Waals surface area contributed by atoms with Gasteiger partial charge in [0.05, 0.1) is 24.4 Å². The quantitative estimate of drug-likeness (QED) is 0.838. The van der Waals surface area contributed by atoms with E-state index in [0.717, 1.165) is 17.7 Å². The second-order valence-corrected chi connectivity index (χ2v) is 5.65. The Morgan fingerprint density at radius 1 is 1.41 bits per heavy atom. The van der Waals surface area contributed by atoms with E-state index >= 15 is 0 Å². The van der Waals surface area contributed by atoms with Crippen molar-refractivity contribution >= 4 is 5.91 Å². The van der Waals surface area contributed by atoms with E-state index in [-0.39, 0.29) is 18.7 Å². The van der Waals surface area contributed by atoms with Crippen LogP contribution in [0.3, 0.4) is 0 Å². The molecule has 0 spiro atoms. The summed E-state index contributed by atoms with van der Waals surface area (Å²) in [5.74, 6) is 0.599. The van der Waals surface area contributed by atoms with E-state index in [1.165, 1.54) is 6.20 Å². The molecule has 1 aliphatic carbocycles. The average Bonchev–Trinajstić information content (AvgIpc) is 3.30. The largest absolute Gasteiger partial charge is 0.416 e. The summed E-state index contributed by atoms with van der Waals surface area (Å²) < 4.78 is 42.9. The van der Waals surface area contributed by atoms with Crippen LogP contribution in [0.1, 0.15) is 40.6 Å². The van der Waals surface area contributed by atoms with Gasteiger partial charge in [0.2, 0.25) is 0 Å². The number of hydrogen-bond acceptors (Lipinski definition) is 4. The van der Waals surface area contributed by atoms with Crippen LogP contribution in [0, 0.1) is 6.92 Å².